The van der Waals surface area contributed by atoms with E-state index >= 15 is 0 Å². The minimum absolute atomic E-state index is 0.0595. The van der Waals surface area contributed by atoms with Crippen molar-refractivity contribution in [2.75, 3.05) is 0 Å². The molecule has 0 radical (unpaired) electrons. The lowest BCUT2D eigenvalue weighted by Gasteiger charge is -2.01. The van der Waals surface area contributed by atoms with E-state index in [1.54, 1.807) is 18.2 Å². The van der Waals surface area contributed by atoms with Crippen molar-refractivity contribution in [1.82, 2.24) is 14.6 Å². The van der Waals surface area contributed by atoms with Gasteiger partial charge in [-0.1, -0.05) is 17.7 Å². The summed E-state index contributed by atoms with van der Waals surface area (Å²) in [6.45, 7) is 0. The Balaban J connectivity index is 2.24. The van der Waals surface area contributed by atoms with Gasteiger partial charge in [0, 0.05) is 11.8 Å². The summed E-state index contributed by atoms with van der Waals surface area (Å²) in [5, 5.41) is 17.8. The maximum absolute atomic E-state index is 9.38. The van der Waals surface area contributed by atoms with Crippen molar-refractivity contribution in [3.8, 4) is 17.1 Å². The Morgan fingerprint density at radius 1 is 1.12 bits per heavy atom. The van der Waals surface area contributed by atoms with Crippen LogP contribution in [-0.2, 0) is 0 Å². The molecular weight excluding hydrogens is 238 g/mol. The van der Waals surface area contributed by atoms with Crippen LogP contribution in [0.25, 0.3) is 17.0 Å². The quantitative estimate of drug-likeness (QED) is 0.717. The second-order valence-electron chi connectivity index (χ2n) is 3.62. The highest BCUT2D eigenvalue weighted by atomic mass is 35.5. The average Bonchev–Trinajstić information content (AvgIpc) is 2.76. The van der Waals surface area contributed by atoms with Crippen LogP contribution in [0.15, 0.2) is 42.6 Å². The van der Waals surface area contributed by atoms with Gasteiger partial charge in [-0.15, -0.1) is 10.2 Å². The SMILES string of the molecule is Oc1ccc(-c2nnc3ccccn23)cc1Cl. The molecule has 1 aromatic carbocycles. The molecule has 3 aromatic rings. The van der Waals surface area contributed by atoms with Crippen molar-refractivity contribution in [1.29, 1.82) is 0 Å². The van der Waals surface area contributed by atoms with Gasteiger partial charge in [-0.2, -0.15) is 0 Å². The summed E-state index contributed by atoms with van der Waals surface area (Å²) in [6, 6.07) is 10.6. The number of phenols is 1. The lowest BCUT2D eigenvalue weighted by atomic mass is 10.2. The summed E-state index contributed by atoms with van der Waals surface area (Å²) >= 11 is 5.87. The zero-order valence-corrected chi connectivity index (χ0v) is 9.46. The first-order chi connectivity index (χ1) is 8.25. The van der Waals surface area contributed by atoms with Gasteiger partial charge in [-0.25, -0.2) is 0 Å². The summed E-state index contributed by atoms with van der Waals surface area (Å²) in [6.07, 6.45) is 1.88. The van der Waals surface area contributed by atoms with Gasteiger partial charge in [0.25, 0.3) is 0 Å². The number of benzene rings is 1. The van der Waals surface area contributed by atoms with Gasteiger partial charge < -0.3 is 5.11 Å². The summed E-state index contributed by atoms with van der Waals surface area (Å²) in [7, 11) is 0. The zero-order valence-electron chi connectivity index (χ0n) is 8.71. The fraction of sp³-hybridized carbons (Fsp3) is 0. The Kier molecular flexibility index (Phi) is 2.23. The molecule has 1 N–H and O–H groups in total. The second-order valence-corrected chi connectivity index (χ2v) is 4.03. The Hall–Kier alpha value is -2.07. The molecule has 4 nitrogen and oxygen atoms in total. The molecule has 0 bridgehead atoms. The van der Waals surface area contributed by atoms with Gasteiger partial charge in [0.15, 0.2) is 11.5 Å². The maximum Gasteiger partial charge on any atom is 0.168 e. The van der Waals surface area contributed by atoms with Gasteiger partial charge in [0.1, 0.15) is 5.75 Å². The van der Waals surface area contributed by atoms with Crippen molar-refractivity contribution >= 4 is 17.2 Å². The lowest BCUT2D eigenvalue weighted by molar-refractivity contribution is 0.475. The van der Waals surface area contributed by atoms with E-state index in [1.165, 1.54) is 0 Å². The molecule has 17 heavy (non-hydrogen) atoms. The third-order valence-electron chi connectivity index (χ3n) is 2.52. The third kappa shape index (κ3) is 1.62. The van der Waals surface area contributed by atoms with E-state index in [-0.39, 0.29) is 5.75 Å². The van der Waals surface area contributed by atoms with Crippen LogP contribution in [0.5, 0.6) is 5.75 Å². The molecule has 0 atom stereocenters. The number of nitrogens with zero attached hydrogens (tertiary/aromatic N) is 3. The molecule has 0 fully saturated rings. The normalized spacial score (nSPS) is 10.9. The molecular formula is C12H8ClN3O. The van der Waals surface area contributed by atoms with E-state index < -0.39 is 0 Å². The molecule has 3 rings (SSSR count). The van der Waals surface area contributed by atoms with E-state index in [2.05, 4.69) is 10.2 Å². The molecule has 0 amide bonds. The predicted octanol–water partition coefficient (Wildman–Crippen LogP) is 2.76. The largest absolute Gasteiger partial charge is 0.506 e. The number of halogens is 1. The van der Waals surface area contributed by atoms with Crippen molar-refractivity contribution in [3.05, 3.63) is 47.6 Å². The van der Waals surface area contributed by atoms with Crippen molar-refractivity contribution in [2.24, 2.45) is 0 Å². The van der Waals surface area contributed by atoms with E-state index in [1.807, 2.05) is 28.8 Å². The summed E-state index contributed by atoms with van der Waals surface area (Å²) in [5.41, 5.74) is 1.58. The van der Waals surface area contributed by atoms with Gasteiger partial charge in [0.2, 0.25) is 0 Å². The summed E-state index contributed by atoms with van der Waals surface area (Å²) < 4.78 is 1.86. The molecule has 2 heterocycles. The van der Waals surface area contributed by atoms with E-state index in [4.69, 9.17) is 11.6 Å². The number of hydrogen-bond donors (Lipinski definition) is 1. The first-order valence-corrected chi connectivity index (χ1v) is 5.42. The zero-order chi connectivity index (χ0) is 11.8. The lowest BCUT2D eigenvalue weighted by Crippen LogP contribution is -1.88. The van der Waals surface area contributed by atoms with Gasteiger partial charge >= 0.3 is 0 Å². The number of aromatic nitrogens is 3. The Morgan fingerprint density at radius 3 is 2.82 bits per heavy atom. The smallest absolute Gasteiger partial charge is 0.168 e. The number of hydrogen-bond acceptors (Lipinski definition) is 3. The Morgan fingerprint density at radius 2 is 2.00 bits per heavy atom. The number of aromatic hydroxyl groups is 1. The average molecular weight is 246 g/mol. The van der Waals surface area contributed by atoms with Crippen LogP contribution < -0.4 is 0 Å². The van der Waals surface area contributed by atoms with E-state index in [0.717, 1.165) is 11.2 Å². The summed E-state index contributed by atoms with van der Waals surface area (Å²) in [4.78, 5) is 0. The number of phenolic OH excluding ortho intramolecular Hbond substituents is 1. The second kappa shape index (κ2) is 3.75. The minimum Gasteiger partial charge on any atom is -0.506 e. The number of fused-ring (bicyclic) bond motifs is 1. The maximum atomic E-state index is 9.38. The van der Waals surface area contributed by atoms with Crippen LogP contribution in [-0.4, -0.2) is 19.7 Å². The first-order valence-electron chi connectivity index (χ1n) is 5.04. The molecule has 2 aromatic heterocycles. The molecule has 84 valence electrons. The van der Waals surface area contributed by atoms with Crippen molar-refractivity contribution in [2.45, 2.75) is 0 Å². The Bertz CT molecular complexity index is 693. The summed E-state index contributed by atoms with van der Waals surface area (Å²) in [5.74, 6) is 0.756. The minimum atomic E-state index is 0.0595. The Labute approximate surface area is 102 Å². The number of pyridine rings is 1. The number of rotatable bonds is 1. The first kappa shape index (κ1) is 10.1. The van der Waals surface area contributed by atoms with Crippen LogP contribution in [0.3, 0.4) is 0 Å². The van der Waals surface area contributed by atoms with Crippen molar-refractivity contribution < 1.29 is 5.11 Å². The molecule has 0 spiro atoms. The van der Waals surface area contributed by atoms with Gasteiger partial charge in [-0.3, -0.25) is 4.40 Å². The van der Waals surface area contributed by atoms with E-state index in [9.17, 15) is 5.11 Å². The predicted molar refractivity (Wildman–Crippen MR) is 65.1 cm³/mol. The standard InChI is InChI=1S/C12H8ClN3O/c13-9-7-8(4-5-10(9)17)12-15-14-11-3-1-2-6-16(11)12/h1-7,17H. The van der Waals surface area contributed by atoms with Crippen LogP contribution in [0.1, 0.15) is 0 Å². The molecule has 5 heteroatoms. The monoisotopic (exact) mass is 245 g/mol. The van der Waals surface area contributed by atoms with Gasteiger partial charge in [-0.05, 0) is 30.3 Å². The van der Waals surface area contributed by atoms with Crippen LogP contribution >= 0.6 is 11.6 Å². The third-order valence-corrected chi connectivity index (χ3v) is 2.82. The van der Waals surface area contributed by atoms with E-state index in [0.29, 0.717) is 10.8 Å². The highest BCUT2D eigenvalue weighted by molar-refractivity contribution is 6.32. The highest BCUT2D eigenvalue weighted by Crippen LogP contribution is 2.28. The molecule has 0 saturated carbocycles. The fourth-order valence-corrected chi connectivity index (χ4v) is 1.86. The molecule has 0 aliphatic carbocycles. The molecule has 0 saturated heterocycles. The van der Waals surface area contributed by atoms with Gasteiger partial charge in [0.05, 0.1) is 5.02 Å². The molecule has 0 aliphatic heterocycles. The van der Waals surface area contributed by atoms with Crippen LogP contribution in [0, 0.1) is 0 Å². The van der Waals surface area contributed by atoms with Crippen molar-refractivity contribution in [3.63, 3.8) is 0 Å². The highest BCUT2D eigenvalue weighted by Gasteiger charge is 2.09. The van der Waals surface area contributed by atoms with Crippen LogP contribution in [0.4, 0.5) is 0 Å². The van der Waals surface area contributed by atoms with Crippen LogP contribution in [0.2, 0.25) is 5.02 Å². The molecule has 0 unspecified atom stereocenters. The topological polar surface area (TPSA) is 50.4 Å². The fourth-order valence-electron chi connectivity index (χ4n) is 1.68. The molecule has 0 aliphatic rings.